The molecule has 0 aliphatic carbocycles. The maximum absolute atomic E-state index is 11.9. The normalized spacial score (nSPS) is 13.5. The summed E-state index contributed by atoms with van der Waals surface area (Å²) in [6, 6.07) is 9.47. The number of hydrogen-bond donors (Lipinski definition) is 1. The monoisotopic (exact) mass is 356 g/mol. The van der Waals surface area contributed by atoms with E-state index in [0.717, 1.165) is 24.5 Å². The molecule has 26 heavy (non-hydrogen) atoms. The number of nitrogens with zero attached hydrogens (tertiary/aromatic N) is 3. The summed E-state index contributed by atoms with van der Waals surface area (Å²) in [7, 11) is 0. The number of nitro benzene ring substituents is 1. The Morgan fingerprint density at radius 2 is 1.96 bits per heavy atom. The van der Waals surface area contributed by atoms with Gasteiger partial charge in [0.2, 0.25) is 0 Å². The van der Waals surface area contributed by atoms with Gasteiger partial charge in [0.1, 0.15) is 11.6 Å². The molecule has 1 aromatic heterocycles. The number of nitro groups is 1. The third-order valence-electron chi connectivity index (χ3n) is 4.15. The number of hydrogen-bond acceptors (Lipinski definition) is 6. The van der Waals surface area contributed by atoms with Crippen LogP contribution in [-0.4, -0.2) is 35.5 Å². The van der Waals surface area contributed by atoms with Crippen LogP contribution >= 0.6 is 0 Å². The summed E-state index contributed by atoms with van der Waals surface area (Å²) >= 11 is 0. The minimum atomic E-state index is -0.485. The van der Waals surface area contributed by atoms with E-state index in [9.17, 15) is 14.9 Å². The fraction of sp³-hybridized carbons (Fsp3) is 0.333. The van der Waals surface area contributed by atoms with Crippen molar-refractivity contribution in [2.24, 2.45) is 0 Å². The molecule has 1 N–H and O–H groups in total. The van der Waals surface area contributed by atoms with E-state index in [0.29, 0.717) is 12.3 Å². The van der Waals surface area contributed by atoms with Gasteiger partial charge in [-0.3, -0.25) is 14.9 Å². The van der Waals surface area contributed by atoms with Gasteiger partial charge in [0.05, 0.1) is 4.92 Å². The number of anilines is 1. The van der Waals surface area contributed by atoms with Gasteiger partial charge >= 0.3 is 0 Å². The van der Waals surface area contributed by atoms with Crippen LogP contribution in [0.3, 0.4) is 0 Å². The van der Waals surface area contributed by atoms with Gasteiger partial charge in [-0.2, -0.15) is 0 Å². The molecule has 1 saturated heterocycles. The van der Waals surface area contributed by atoms with Gasteiger partial charge in [-0.05, 0) is 42.7 Å². The van der Waals surface area contributed by atoms with Crippen molar-refractivity contribution in [2.45, 2.75) is 19.4 Å². The van der Waals surface area contributed by atoms with Crippen LogP contribution < -0.4 is 15.0 Å². The molecule has 1 fully saturated rings. The molecule has 0 bridgehead atoms. The third kappa shape index (κ3) is 4.69. The zero-order chi connectivity index (χ0) is 18.4. The Bertz CT molecular complexity index is 773. The van der Waals surface area contributed by atoms with Gasteiger partial charge in [0, 0.05) is 38.0 Å². The Morgan fingerprint density at radius 1 is 1.23 bits per heavy atom. The molecule has 8 heteroatoms. The standard InChI is InChI=1S/C18H20N4O4/c23-18(13-26-16-5-3-15(4-6-16)22(24)25)20-12-14-7-8-19-17(11-14)21-9-1-2-10-21/h3-8,11H,1-2,9-10,12-13H2,(H,20,23). The first-order valence-electron chi connectivity index (χ1n) is 8.45. The molecule has 1 aliphatic rings. The van der Waals surface area contributed by atoms with E-state index in [2.05, 4.69) is 15.2 Å². The Kier molecular flexibility index (Phi) is 5.62. The highest BCUT2D eigenvalue weighted by molar-refractivity contribution is 5.77. The first-order valence-corrected chi connectivity index (χ1v) is 8.45. The van der Waals surface area contributed by atoms with E-state index in [1.807, 2.05) is 12.1 Å². The molecular weight excluding hydrogens is 336 g/mol. The molecule has 2 heterocycles. The lowest BCUT2D eigenvalue weighted by Crippen LogP contribution is -2.28. The lowest BCUT2D eigenvalue weighted by molar-refractivity contribution is -0.384. The lowest BCUT2D eigenvalue weighted by Gasteiger charge is -2.17. The molecule has 0 atom stereocenters. The lowest BCUT2D eigenvalue weighted by atomic mass is 10.2. The van der Waals surface area contributed by atoms with Crippen LogP contribution in [-0.2, 0) is 11.3 Å². The average Bonchev–Trinajstić information content (AvgIpc) is 3.20. The number of nitrogens with one attached hydrogen (secondary N) is 1. The predicted octanol–water partition coefficient (Wildman–Crippen LogP) is 2.29. The van der Waals surface area contributed by atoms with E-state index >= 15 is 0 Å². The molecule has 0 saturated carbocycles. The smallest absolute Gasteiger partial charge is 0.269 e. The van der Waals surface area contributed by atoms with Crippen LogP contribution in [0.4, 0.5) is 11.5 Å². The maximum atomic E-state index is 11.9. The van der Waals surface area contributed by atoms with Crippen molar-refractivity contribution in [3.63, 3.8) is 0 Å². The summed E-state index contributed by atoms with van der Waals surface area (Å²) in [5.74, 6) is 1.09. The number of non-ortho nitro benzene ring substituents is 1. The summed E-state index contributed by atoms with van der Waals surface area (Å²) in [6.07, 6.45) is 4.12. The molecule has 1 aromatic carbocycles. The van der Waals surface area contributed by atoms with Crippen molar-refractivity contribution in [2.75, 3.05) is 24.6 Å². The molecule has 1 amide bonds. The fourth-order valence-corrected chi connectivity index (χ4v) is 2.75. The number of carbonyl (C=O) groups excluding carboxylic acids is 1. The predicted molar refractivity (Wildman–Crippen MR) is 96.1 cm³/mol. The SMILES string of the molecule is O=C(COc1ccc([N+](=O)[O-])cc1)NCc1ccnc(N2CCCC2)c1. The number of pyridine rings is 1. The minimum Gasteiger partial charge on any atom is -0.484 e. The first-order chi connectivity index (χ1) is 12.6. The zero-order valence-corrected chi connectivity index (χ0v) is 14.3. The largest absolute Gasteiger partial charge is 0.484 e. The van der Waals surface area contributed by atoms with Crippen molar-refractivity contribution in [1.82, 2.24) is 10.3 Å². The van der Waals surface area contributed by atoms with Crippen molar-refractivity contribution >= 4 is 17.4 Å². The van der Waals surface area contributed by atoms with E-state index < -0.39 is 4.92 Å². The molecule has 1 aliphatic heterocycles. The third-order valence-corrected chi connectivity index (χ3v) is 4.15. The van der Waals surface area contributed by atoms with Crippen LogP contribution in [0.15, 0.2) is 42.6 Å². The maximum Gasteiger partial charge on any atom is 0.269 e. The Labute approximate surface area is 150 Å². The van der Waals surface area contributed by atoms with Crippen molar-refractivity contribution < 1.29 is 14.5 Å². The van der Waals surface area contributed by atoms with Gasteiger partial charge in [0.15, 0.2) is 6.61 Å². The quantitative estimate of drug-likeness (QED) is 0.604. The summed E-state index contributed by atoms with van der Waals surface area (Å²) < 4.78 is 5.34. The summed E-state index contributed by atoms with van der Waals surface area (Å²) in [4.78, 5) is 28.7. The molecule has 0 radical (unpaired) electrons. The topological polar surface area (TPSA) is 97.6 Å². The van der Waals surface area contributed by atoms with Crippen LogP contribution in [0.25, 0.3) is 0 Å². The van der Waals surface area contributed by atoms with E-state index in [-0.39, 0.29) is 18.2 Å². The van der Waals surface area contributed by atoms with Gasteiger partial charge in [-0.15, -0.1) is 0 Å². The van der Waals surface area contributed by atoms with Crippen LogP contribution in [0, 0.1) is 10.1 Å². The molecule has 0 unspecified atom stereocenters. The van der Waals surface area contributed by atoms with Crippen LogP contribution in [0.2, 0.25) is 0 Å². The number of ether oxygens (including phenoxy) is 1. The van der Waals surface area contributed by atoms with Gasteiger partial charge in [-0.1, -0.05) is 0 Å². The second kappa shape index (κ2) is 8.28. The summed E-state index contributed by atoms with van der Waals surface area (Å²) in [5, 5.41) is 13.4. The zero-order valence-electron chi connectivity index (χ0n) is 14.3. The van der Waals surface area contributed by atoms with E-state index in [4.69, 9.17) is 4.74 Å². The van der Waals surface area contributed by atoms with Crippen molar-refractivity contribution in [3.05, 3.63) is 58.3 Å². The minimum absolute atomic E-state index is 0.0201. The second-order valence-electron chi connectivity index (χ2n) is 6.03. The molecule has 8 nitrogen and oxygen atoms in total. The highest BCUT2D eigenvalue weighted by Gasteiger charge is 2.13. The Hall–Kier alpha value is -3.16. The summed E-state index contributed by atoms with van der Waals surface area (Å²) in [5.41, 5.74) is 0.957. The molecular formula is C18H20N4O4. The fourth-order valence-electron chi connectivity index (χ4n) is 2.75. The van der Waals surface area contributed by atoms with Crippen LogP contribution in [0.5, 0.6) is 5.75 Å². The number of carbonyl (C=O) groups is 1. The molecule has 2 aromatic rings. The number of rotatable bonds is 7. The molecule has 3 rings (SSSR count). The molecule has 136 valence electrons. The van der Waals surface area contributed by atoms with E-state index in [1.54, 1.807) is 6.20 Å². The number of amides is 1. The Balaban J connectivity index is 1.46. The average molecular weight is 356 g/mol. The van der Waals surface area contributed by atoms with Gasteiger partial charge in [-0.25, -0.2) is 4.98 Å². The first kappa shape index (κ1) is 17.7. The number of aromatic nitrogens is 1. The van der Waals surface area contributed by atoms with Crippen molar-refractivity contribution in [1.29, 1.82) is 0 Å². The highest BCUT2D eigenvalue weighted by atomic mass is 16.6. The van der Waals surface area contributed by atoms with Crippen molar-refractivity contribution in [3.8, 4) is 5.75 Å². The molecule has 0 spiro atoms. The Morgan fingerprint density at radius 3 is 2.65 bits per heavy atom. The van der Waals surface area contributed by atoms with E-state index in [1.165, 1.54) is 37.1 Å². The van der Waals surface area contributed by atoms with Crippen LogP contribution in [0.1, 0.15) is 18.4 Å². The number of benzene rings is 1. The summed E-state index contributed by atoms with van der Waals surface area (Å²) in [6.45, 7) is 2.28. The van der Waals surface area contributed by atoms with Gasteiger partial charge in [0.25, 0.3) is 11.6 Å². The second-order valence-corrected chi connectivity index (χ2v) is 6.03. The highest BCUT2D eigenvalue weighted by Crippen LogP contribution is 2.19. The van der Waals surface area contributed by atoms with Gasteiger partial charge < -0.3 is 15.0 Å².